The lowest BCUT2D eigenvalue weighted by Gasteiger charge is -2.22. The van der Waals surface area contributed by atoms with E-state index in [1.807, 2.05) is 13.0 Å². The van der Waals surface area contributed by atoms with Gasteiger partial charge in [-0.15, -0.1) is 0 Å². The van der Waals surface area contributed by atoms with Gasteiger partial charge in [0.1, 0.15) is 0 Å². The van der Waals surface area contributed by atoms with E-state index in [1.165, 1.54) is 17.5 Å². The highest BCUT2D eigenvalue weighted by molar-refractivity contribution is 7.88. The zero-order valence-corrected chi connectivity index (χ0v) is 17.7. The van der Waals surface area contributed by atoms with Crippen LogP contribution >= 0.6 is 11.6 Å². The van der Waals surface area contributed by atoms with Gasteiger partial charge in [-0.25, -0.2) is 8.42 Å². The molecule has 0 spiro atoms. The number of amides is 1. The van der Waals surface area contributed by atoms with Crippen LogP contribution in [0.2, 0.25) is 5.02 Å². The molecule has 5 nitrogen and oxygen atoms in total. The molecule has 150 valence electrons. The number of aryl methyl sites for hydroxylation is 2. The van der Waals surface area contributed by atoms with Crippen LogP contribution in [-0.2, 0) is 34.2 Å². The molecule has 1 N–H and O–H groups in total. The Kier molecular flexibility index (Phi) is 6.43. The standard InChI is InChI=1S/C21H25ClN2O3S/c1-15(17-11-10-16-7-5-8-18(16)12-17)23-21(25)14-24(28(2,26)27)13-19-6-3-4-9-20(19)22/h3-4,6,9-12,15H,5,7-8,13-14H2,1-2H3,(H,23,25). The molecular weight excluding hydrogens is 396 g/mol. The van der Waals surface area contributed by atoms with Crippen LogP contribution in [0.3, 0.4) is 0 Å². The Labute approximate surface area is 171 Å². The fraction of sp³-hybridized carbons (Fsp3) is 0.381. The number of carbonyl (C=O) groups excluding carboxylic acids is 1. The average molecular weight is 421 g/mol. The Morgan fingerprint density at radius 2 is 1.89 bits per heavy atom. The number of carbonyl (C=O) groups is 1. The molecule has 0 heterocycles. The van der Waals surface area contributed by atoms with E-state index in [0.29, 0.717) is 10.6 Å². The van der Waals surface area contributed by atoms with E-state index in [2.05, 4.69) is 17.4 Å². The average Bonchev–Trinajstić information content (AvgIpc) is 3.09. The number of nitrogens with zero attached hydrogens (tertiary/aromatic N) is 1. The number of fused-ring (bicyclic) bond motifs is 1. The van der Waals surface area contributed by atoms with Gasteiger partial charge in [-0.3, -0.25) is 4.79 Å². The third-order valence-electron chi connectivity index (χ3n) is 5.09. The van der Waals surface area contributed by atoms with E-state index >= 15 is 0 Å². The second kappa shape index (κ2) is 8.64. The van der Waals surface area contributed by atoms with Crippen LogP contribution in [0.25, 0.3) is 0 Å². The van der Waals surface area contributed by atoms with Gasteiger partial charge in [0.05, 0.1) is 18.8 Å². The summed E-state index contributed by atoms with van der Waals surface area (Å²) in [5, 5.41) is 3.39. The summed E-state index contributed by atoms with van der Waals surface area (Å²) in [6.07, 6.45) is 4.46. The number of sulfonamides is 1. The molecule has 0 fully saturated rings. The Bertz CT molecular complexity index is 975. The molecule has 0 aromatic heterocycles. The van der Waals surface area contributed by atoms with Crippen molar-refractivity contribution in [2.75, 3.05) is 12.8 Å². The Morgan fingerprint density at radius 1 is 1.18 bits per heavy atom. The predicted molar refractivity (Wildman–Crippen MR) is 112 cm³/mol. The molecule has 3 rings (SSSR count). The molecule has 28 heavy (non-hydrogen) atoms. The van der Waals surface area contributed by atoms with E-state index in [0.717, 1.165) is 29.0 Å². The molecular formula is C21H25ClN2O3S. The van der Waals surface area contributed by atoms with Crippen LogP contribution in [0, 0.1) is 0 Å². The molecule has 2 aromatic carbocycles. The molecule has 1 atom stereocenters. The largest absolute Gasteiger partial charge is 0.348 e. The highest BCUT2D eigenvalue weighted by Crippen LogP contribution is 2.25. The number of hydrogen-bond acceptors (Lipinski definition) is 3. The maximum Gasteiger partial charge on any atom is 0.235 e. The summed E-state index contributed by atoms with van der Waals surface area (Å²) in [7, 11) is -3.57. The summed E-state index contributed by atoms with van der Waals surface area (Å²) in [5.41, 5.74) is 4.42. The van der Waals surface area contributed by atoms with Gasteiger partial charge < -0.3 is 5.32 Å². The fourth-order valence-corrected chi connectivity index (χ4v) is 4.42. The van der Waals surface area contributed by atoms with Gasteiger partial charge in [0.15, 0.2) is 0 Å². The van der Waals surface area contributed by atoms with Crippen molar-refractivity contribution in [1.29, 1.82) is 0 Å². The van der Waals surface area contributed by atoms with Gasteiger partial charge in [-0.2, -0.15) is 4.31 Å². The quantitative estimate of drug-likeness (QED) is 0.745. The van der Waals surface area contributed by atoms with Crippen LogP contribution in [0.4, 0.5) is 0 Å². The first kappa shape index (κ1) is 20.8. The Morgan fingerprint density at radius 3 is 2.61 bits per heavy atom. The second-order valence-electron chi connectivity index (χ2n) is 7.29. The van der Waals surface area contributed by atoms with Gasteiger partial charge in [-0.05, 0) is 54.5 Å². The van der Waals surface area contributed by atoms with Crippen LogP contribution < -0.4 is 5.32 Å². The van der Waals surface area contributed by atoms with E-state index in [4.69, 9.17) is 11.6 Å². The number of hydrogen-bond donors (Lipinski definition) is 1. The highest BCUT2D eigenvalue weighted by atomic mass is 35.5. The van der Waals surface area contributed by atoms with Gasteiger partial charge >= 0.3 is 0 Å². The number of halogens is 1. The zero-order chi connectivity index (χ0) is 20.3. The molecule has 0 bridgehead atoms. The van der Waals surface area contributed by atoms with E-state index in [-0.39, 0.29) is 25.0 Å². The molecule has 0 saturated heterocycles. The van der Waals surface area contributed by atoms with Crippen LogP contribution in [-0.4, -0.2) is 31.4 Å². The Hall–Kier alpha value is -1.89. The first-order valence-corrected chi connectivity index (χ1v) is 11.6. The van der Waals surface area contributed by atoms with Gasteiger partial charge in [-0.1, -0.05) is 48.0 Å². The second-order valence-corrected chi connectivity index (χ2v) is 9.68. The lowest BCUT2D eigenvalue weighted by atomic mass is 10.0. The topological polar surface area (TPSA) is 66.5 Å². The van der Waals surface area contributed by atoms with E-state index in [1.54, 1.807) is 24.3 Å². The normalized spacial score (nSPS) is 14.7. The fourth-order valence-electron chi connectivity index (χ4n) is 3.50. The van der Waals surface area contributed by atoms with Crippen LogP contribution in [0.15, 0.2) is 42.5 Å². The molecule has 0 aliphatic heterocycles. The monoisotopic (exact) mass is 420 g/mol. The minimum absolute atomic E-state index is 0.0547. The molecule has 2 aromatic rings. The van der Waals surface area contributed by atoms with Crippen molar-refractivity contribution in [3.05, 3.63) is 69.7 Å². The maximum atomic E-state index is 12.5. The number of benzene rings is 2. The molecule has 1 aliphatic rings. The van der Waals surface area contributed by atoms with E-state index < -0.39 is 10.0 Å². The van der Waals surface area contributed by atoms with E-state index in [9.17, 15) is 13.2 Å². The van der Waals surface area contributed by atoms with Gasteiger partial charge in [0, 0.05) is 11.6 Å². The molecule has 1 aliphatic carbocycles. The molecule has 1 unspecified atom stereocenters. The van der Waals surface area contributed by atoms with Crippen LogP contribution in [0.1, 0.15) is 41.6 Å². The maximum absolute atomic E-state index is 12.5. The smallest absolute Gasteiger partial charge is 0.235 e. The third kappa shape index (κ3) is 5.13. The summed E-state index contributed by atoms with van der Waals surface area (Å²) in [6, 6.07) is 13.1. The zero-order valence-electron chi connectivity index (χ0n) is 16.1. The number of nitrogens with one attached hydrogen (secondary N) is 1. The van der Waals surface area contributed by atoms with Crippen molar-refractivity contribution in [2.45, 2.75) is 38.8 Å². The lowest BCUT2D eigenvalue weighted by molar-refractivity contribution is -0.122. The number of rotatable bonds is 7. The molecule has 0 saturated carbocycles. The molecule has 7 heteroatoms. The third-order valence-corrected chi connectivity index (χ3v) is 6.66. The van der Waals surface area contributed by atoms with Gasteiger partial charge in [0.2, 0.25) is 15.9 Å². The summed E-state index contributed by atoms with van der Waals surface area (Å²) in [6.45, 7) is 1.71. The minimum atomic E-state index is -3.57. The molecule has 1 amide bonds. The highest BCUT2D eigenvalue weighted by Gasteiger charge is 2.23. The van der Waals surface area contributed by atoms with Crippen LogP contribution in [0.5, 0.6) is 0 Å². The Balaban J connectivity index is 1.67. The van der Waals surface area contributed by atoms with Crippen molar-refractivity contribution in [2.24, 2.45) is 0 Å². The van der Waals surface area contributed by atoms with Crippen molar-refractivity contribution >= 4 is 27.5 Å². The summed E-state index contributed by atoms with van der Waals surface area (Å²) in [4.78, 5) is 12.5. The summed E-state index contributed by atoms with van der Waals surface area (Å²) >= 11 is 6.14. The van der Waals surface area contributed by atoms with Crippen molar-refractivity contribution in [1.82, 2.24) is 9.62 Å². The lowest BCUT2D eigenvalue weighted by Crippen LogP contribution is -2.40. The van der Waals surface area contributed by atoms with Gasteiger partial charge in [0.25, 0.3) is 0 Å². The SMILES string of the molecule is CC(NC(=O)CN(Cc1ccccc1Cl)S(C)(=O)=O)c1ccc2c(c1)CCC2. The van der Waals surface area contributed by atoms with Crippen molar-refractivity contribution < 1.29 is 13.2 Å². The summed E-state index contributed by atoms with van der Waals surface area (Å²) in [5.74, 6) is -0.342. The van der Waals surface area contributed by atoms with Crippen molar-refractivity contribution in [3.63, 3.8) is 0 Å². The predicted octanol–water partition coefficient (Wildman–Crippen LogP) is 3.47. The van der Waals surface area contributed by atoms with Crippen molar-refractivity contribution in [3.8, 4) is 0 Å². The minimum Gasteiger partial charge on any atom is -0.348 e. The molecule has 0 radical (unpaired) electrons. The summed E-state index contributed by atoms with van der Waals surface area (Å²) < 4.78 is 25.5. The first-order valence-electron chi connectivity index (χ1n) is 9.33. The first-order chi connectivity index (χ1) is 13.2.